The van der Waals surface area contributed by atoms with E-state index in [9.17, 15) is 0 Å². The molecule has 0 unspecified atom stereocenters. The van der Waals surface area contributed by atoms with Crippen LogP contribution in [0.3, 0.4) is 0 Å². The van der Waals surface area contributed by atoms with Crippen molar-refractivity contribution in [2.75, 3.05) is 0 Å². The van der Waals surface area contributed by atoms with Crippen molar-refractivity contribution < 1.29 is 4.74 Å². The highest BCUT2D eigenvalue weighted by molar-refractivity contribution is 6.02. The van der Waals surface area contributed by atoms with Crippen LogP contribution in [0.5, 0.6) is 5.75 Å². The number of aromatic nitrogens is 1. The Balaban J connectivity index is 1.94. The van der Waals surface area contributed by atoms with E-state index in [0.717, 1.165) is 27.6 Å². The van der Waals surface area contributed by atoms with Gasteiger partial charge in [-0.05, 0) is 23.6 Å². The first-order valence-corrected chi connectivity index (χ1v) is 6.65. The Morgan fingerprint density at radius 1 is 1.05 bits per heavy atom. The molecule has 0 aliphatic carbocycles. The molecule has 3 rings (SSSR count). The molecule has 0 bridgehead atoms. The molecule has 0 saturated heterocycles. The van der Waals surface area contributed by atoms with Crippen LogP contribution in [0.15, 0.2) is 66.0 Å². The van der Waals surface area contributed by atoms with E-state index in [2.05, 4.69) is 10.1 Å². The SMILES string of the molecule is NN=Cc1ccc(OCc2cccnc2)c2ccccc12. The molecular weight excluding hydrogens is 262 g/mol. The van der Waals surface area contributed by atoms with Crippen LogP contribution in [0, 0.1) is 0 Å². The standard InChI is InChI=1S/C17H15N3O/c18-20-11-14-7-8-17(16-6-2-1-5-15(14)16)21-12-13-4-3-9-19-10-13/h1-11H,12,18H2. The Morgan fingerprint density at radius 3 is 2.67 bits per heavy atom. The fraction of sp³-hybridized carbons (Fsp3) is 0.0588. The number of pyridine rings is 1. The lowest BCUT2D eigenvalue weighted by molar-refractivity contribution is 0.309. The van der Waals surface area contributed by atoms with Crippen molar-refractivity contribution in [2.24, 2.45) is 10.9 Å². The molecule has 1 heterocycles. The van der Waals surface area contributed by atoms with Crippen molar-refractivity contribution >= 4 is 17.0 Å². The van der Waals surface area contributed by atoms with Gasteiger partial charge in [-0.25, -0.2) is 0 Å². The lowest BCUT2D eigenvalue weighted by Gasteiger charge is -2.11. The van der Waals surface area contributed by atoms with Gasteiger partial charge in [-0.3, -0.25) is 4.98 Å². The number of benzene rings is 2. The van der Waals surface area contributed by atoms with Gasteiger partial charge in [0.15, 0.2) is 0 Å². The van der Waals surface area contributed by atoms with E-state index >= 15 is 0 Å². The maximum Gasteiger partial charge on any atom is 0.127 e. The smallest absolute Gasteiger partial charge is 0.127 e. The fourth-order valence-electron chi connectivity index (χ4n) is 2.26. The van der Waals surface area contributed by atoms with Crippen LogP contribution in [0.2, 0.25) is 0 Å². The average molecular weight is 277 g/mol. The number of hydrogen-bond donors (Lipinski definition) is 1. The van der Waals surface area contributed by atoms with Crippen molar-refractivity contribution in [3.8, 4) is 5.75 Å². The van der Waals surface area contributed by atoms with Crippen molar-refractivity contribution in [2.45, 2.75) is 6.61 Å². The highest BCUT2D eigenvalue weighted by atomic mass is 16.5. The predicted octanol–water partition coefficient (Wildman–Crippen LogP) is 3.11. The minimum Gasteiger partial charge on any atom is -0.488 e. The van der Waals surface area contributed by atoms with Gasteiger partial charge in [0, 0.05) is 28.9 Å². The fourth-order valence-corrected chi connectivity index (χ4v) is 2.26. The summed E-state index contributed by atoms with van der Waals surface area (Å²) in [6.45, 7) is 0.488. The molecule has 0 aliphatic rings. The molecule has 104 valence electrons. The van der Waals surface area contributed by atoms with Crippen molar-refractivity contribution in [1.29, 1.82) is 0 Å². The van der Waals surface area contributed by atoms with Crippen molar-refractivity contribution in [1.82, 2.24) is 4.98 Å². The van der Waals surface area contributed by atoms with E-state index in [1.807, 2.05) is 48.5 Å². The molecule has 0 fully saturated rings. The van der Waals surface area contributed by atoms with Gasteiger partial charge in [-0.15, -0.1) is 0 Å². The summed E-state index contributed by atoms with van der Waals surface area (Å²) in [6, 6.07) is 15.8. The number of nitrogens with zero attached hydrogens (tertiary/aromatic N) is 2. The predicted molar refractivity (Wildman–Crippen MR) is 84.3 cm³/mol. The summed E-state index contributed by atoms with van der Waals surface area (Å²) < 4.78 is 5.92. The maximum atomic E-state index is 5.92. The van der Waals surface area contributed by atoms with Gasteiger partial charge < -0.3 is 10.6 Å². The van der Waals surface area contributed by atoms with E-state index < -0.39 is 0 Å². The highest BCUT2D eigenvalue weighted by Gasteiger charge is 2.05. The van der Waals surface area contributed by atoms with Crippen molar-refractivity contribution in [3.05, 3.63) is 72.1 Å². The molecule has 0 aliphatic heterocycles. The molecule has 0 radical (unpaired) electrons. The highest BCUT2D eigenvalue weighted by Crippen LogP contribution is 2.28. The second-order valence-electron chi connectivity index (χ2n) is 4.63. The average Bonchev–Trinajstić information content (AvgIpc) is 2.55. The van der Waals surface area contributed by atoms with Crippen LogP contribution in [0.4, 0.5) is 0 Å². The second-order valence-corrected chi connectivity index (χ2v) is 4.63. The van der Waals surface area contributed by atoms with E-state index in [-0.39, 0.29) is 0 Å². The third-order valence-corrected chi connectivity index (χ3v) is 3.25. The van der Waals surface area contributed by atoms with Gasteiger partial charge in [0.05, 0.1) is 6.21 Å². The largest absolute Gasteiger partial charge is 0.488 e. The van der Waals surface area contributed by atoms with E-state index in [0.29, 0.717) is 6.61 Å². The zero-order valence-electron chi connectivity index (χ0n) is 11.4. The summed E-state index contributed by atoms with van der Waals surface area (Å²) in [5.41, 5.74) is 2.01. The van der Waals surface area contributed by atoms with Gasteiger partial charge in [0.25, 0.3) is 0 Å². The first-order valence-electron chi connectivity index (χ1n) is 6.65. The molecule has 0 saturated carbocycles. The number of hydrazone groups is 1. The molecule has 21 heavy (non-hydrogen) atoms. The summed E-state index contributed by atoms with van der Waals surface area (Å²) in [5, 5.41) is 5.71. The Morgan fingerprint density at radius 2 is 1.90 bits per heavy atom. The number of rotatable bonds is 4. The van der Waals surface area contributed by atoms with Gasteiger partial charge in [-0.2, -0.15) is 5.10 Å². The molecule has 3 aromatic rings. The monoisotopic (exact) mass is 277 g/mol. The number of nitrogens with two attached hydrogens (primary N) is 1. The molecule has 0 spiro atoms. The lowest BCUT2D eigenvalue weighted by atomic mass is 10.0. The molecule has 2 N–H and O–H groups in total. The lowest BCUT2D eigenvalue weighted by Crippen LogP contribution is -1.97. The van der Waals surface area contributed by atoms with Gasteiger partial charge in [-0.1, -0.05) is 30.3 Å². The maximum absolute atomic E-state index is 5.92. The summed E-state index contributed by atoms with van der Waals surface area (Å²) >= 11 is 0. The van der Waals surface area contributed by atoms with Gasteiger partial charge in [0.2, 0.25) is 0 Å². The van der Waals surface area contributed by atoms with Crippen LogP contribution >= 0.6 is 0 Å². The van der Waals surface area contributed by atoms with Crippen LogP contribution in [-0.2, 0) is 6.61 Å². The minimum atomic E-state index is 0.488. The zero-order valence-corrected chi connectivity index (χ0v) is 11.4. The minimum absolute atomic E-state index is 0.488. The zero-order chi connectivity index (χ0) is 14.5. The Labute approximate surface area is 122 Å². The number of ether oxygens (including phenoxy) is 1. The molecule has 0 atom stereocenters. The second kappa shape index (κ2) is 6.05. The van der Waals surface area contributed by atoms with Crippen LogP contribution in [0.25, 0.3) is 10.8 Å². The van der Waals surface area contributed by atoms with E-state index in [1.54, 1.807) is 18.6 Å². The first-order chi connectivity index (χ1) is 10.4. The van der Waals surface area contributed by atoms with E-state index in [1.165, 1.54) is 0 Å². The van der Waals surface area contributed by atoms with Crippen molar-refractivity contribution in [3.63, 3.8) is 0 Å². The topological polar surface area (TPSA) is 60.5 Å². The third kappa shape index (κ3) is 2.84. The third-order valence-electron chi connectivity index (χ3n) is 3.25. The van der Waals surface area contributed by atoms with Crippen LogP contribution in [0.1, 0.15) is 11.1 Å². The molecule has 0 amide bonds. The first kappa shape index (κ1) is 13.1. The molecule has 2 aromatic carbocycles. The van der Waals surface area contributed by atoms with Gasteiger partial charge >= 0.3 is 0 Å². The van der Waals surface area contributed by atoms with E-state index in [4.69, 9.17) is 10.6 Å². The molecule has 4 nitrogen and oxygen atoms in total. The normalized spacial score (nSPS) is 11.0. The molecule has 4 heteroatoms. The van der Waals surface area contributed by atoms with Crippen LogP contribution in [-0.4, -0.2) is 11.2 Å². The Hall–Kier alpha value is -2.88. The molecular formula is C17H15N3O. The summed E-state index contributed by atoms with van der Waals surface area (Å²) in [5.74, 6) is 6.09. The Bertz CT molecular complexity index is 769. The number of hydrogen-bond acceptors (Lipinski definition) is 4. The number of fused-ring (bicyclic) bond motifs is 1. The summed E-state index contributed by atoms with van der Waals surface area (Å²) in [6.07, 6.45) is 5.20. The summed E-state index contributed by atoms with van der Waals surface area (Å²) in [4.78, 5) is 4.09. The van der Waals surface area contributed by atoms with Gasteiger partial charge in [0.1, 0.15) is 12.4 Å². The summed E-state index contributed by atoms with van der Waals surface area (Å²) in [7, 11) is 0. The Kier molecular flexibility index (Phi) is 3.78. The quantitative estimate of drug-likeness (QED) is 0.453. The molecule has 1 aromatic heterocycles. The van der Waals surface area contributed by atoms with Crippen LogP contribution < -0.4 is 10.6 Å².